The van der Waals surface area contributed by atoms with Gasteiger partial charge in [0.05, 0.1) is 6.20 Å². The molecule has 1 fully saturated rings. The zero-order valence-corrected chi connectivity index (χ0v) is 11.0. The summed E-state index contributed by atoms with van der Waals surface area (Å²) < 4.78 is 0. The number of rotatable bonds is 4. The highest BCUT2D eigenvalue weighted by molar-refractivity contribution is 7.16. The van der Waals surface area contributed by atoms with Crippen LogP contribution in [0.4, 0.5) is 0 Å². The molecule has 1 amide bonds. The van der Waals surface area contributed by atoms with E-state index >= 15 is 0 Å². The summed E-state index contributed by atoms with van der Waals surface area (Å²) in [5, 5.41) is 6.75. The highest BCUT2D eigenvalue weighted by Gasteiger charge is 2.19. The van der Waals surface area contributed by atoms with Gasteiger partial charge in [0.25, 0.3) is 5.91 Å². The lowest BCUT2D eigenvalue weighted by Gasteiger charge is -2.26. The molecule has 2 N–H and O–H groups in total. The maximum absolute atomic E-state index is 11.9. The van der Waals surface area contributed by atoms with Crippen LogP contribution in [0.3, 0.4) is 0 Å². The molecule has 0 spiro atoms. The van der Waals surface area contributed by atoms with E-state index in [1.165, 1.54) is 11.3 Å². The van der Waals surface area contributed by atoms with E-state index in [0.29, 0.717) is 28.2 Å². The number of nitrogens with zero attached hydrogens (tertiary/aromatic N) is 3. The van der Waals surface area contributed by atoms with Crippen LogP contribution in [0.2, 0.25) is 0 Å². The van der Waals surface area contributed by atoms with Gasteiger partial charge < -0.3 is 10.6 Å². The van der Waals surface area contributed by atoms with Crippen molar-refractivity contribution in [3.8, 4) is 10.8 Å². The third-order valence-corrected chi connectivity index (χ3v) is 3.90. The zero-order chi connectivity index (χ0) is 13.1. The van der Waals surface area contributed by atoms with Crippen molar-refractivity contribution in [2.45, 2.75) is 0 Å². The average Bonchev–Trinajstić information content (AvgIpc) is 2.87. The second-order valence-electron chi connectivity index (χ2n) is 4.34. The van der Waals surface area contributed by atoms with Gasteiger partial charge in [-0.1, -0.05) is 0 Å². The Labute approximate surface area is 114 Å². The molecule has 1 saturated heterocycles. The molecule has 0 aliphatic carbocycles. The van der Waals surface area contributed by atoms with Gasteiger partial charge in [-0.05, 0) is 6.07 Å². The SMILES string of the molecule is O=C(NCC1CNC1)c1cnc(-c2ncccn2)s1. The Morgan fingerprint density at radius 2 is 2.16 bits per heavy atom. The number of hydrogen-bond acceptors (Lipinski definition) is 6. The summed E-state index contributed by atoms with van der Waals surface area (Å²) in [5.74, 6) is 1.02. The van der Waals surface area contributed by atoms with E-state index in [0.717, 1.165) is 13.1 Å². The summed E-state index contributed by atoms with van der Waals surface area (Å²) in [6.45, 7) is 2.67. The van der Waals surface area contributed by atoms with E-state index in [9.17, 15) is 4.79 Å². The highest BCUT2D eigenvalue weighted by Crippen LogP contribution is 2.21. The van der Waals surface area contributed by atoms with Crippen LogP contribution in [0.1, 0.15) is 9.67 Å². The molecule has 1 aliphatic rings. The lowest BCUT2D eigenvalue weighted by molar-refractivity contribution is 0.0946. The number of aromatic nitrogens is 3. The monoisotopic (exact) mass is 275 g/mol. The molecule has 2 aromatic rings. The van der Waals surface area contributed by atoms with Gasteiger partial charge in [-0.15, -0.1) is 11.3 Å². The fourth-order valence-electron chi connectivity index (χ4n) is 1.71. The topological polar surface area (TPSA) is 79.8 Å². The van der Waals surface area contributed by atoms with Crippen molar-refractivity contribution in [1.82, 2.24) is 25.6 Å². The fraction of sp³-hybridized carbons (Fsp3) is 0.333. The minimum absolute atomic E-state index is 0.0772. The normalized spacial score (nSPS) is 14.9. The molecule has 0 saturated carbocycles. The van der Waals surface area contributed by atoms with Crippen LogP contribution in [0.15, 0.2) is 24.7 Å². The summed E-state index contributed by atoms with van der Waals surface area (Å²) in [7, 11) is 0. The quantitative estimate of drug-likeness (QED) is 0.852. The first-order chi connectivity index (χ1) is 9.33. The van der Waals surface area contributed by atoms with Crippen LogP contribution in [0, 0.1) is 5.92 Å². The molecular formula is C12H13N5OS. The van der Waals surface area contributed by atoms with E-state index < -0.39 is 0 Å². The van der Waals surface area contributed by atoms with Crippen LogP contribution in [0.5, 0.6) is 0 Å². The number of nitrogens with one attached hydrogen (secondary N) is 2. The first-order valence-electron chi connectivity index (χ1n) is 6.05. The summed E-state index contributed by atoms with van der Waals surface area (Å²) in [5.41, 5.74) is 0. The van der Waals surface area contributed by atoms with E-state index in [2.05, 4.69) is 25.6 Å². The molecular weight excluding hydrogens is 262 g/mol. The van der Waals surface area contributed by atoms with Gasteiger partial charge in [-0.2, -0.15) is 0 Å². The fourth-order valence-corrected chi connectivity index (χ4v) is 2.49. The summed E-state index contributed by atoms with van der Waals surface area (Å²) >= 11 is 1.31. The van der Waals surface area contributed by atoms with Crippen LogP contribution >= 0.6 is 11.3 Å². The molecule has 0 aromatic carbocycles. The van der Waals surface area contributed by atoms with Crippen LogP contribution in [0.25, 0.3) is 10.8 Å². The lowest BCUT2D eigenvalue weighted by Crippen LogP contribution is -2.48. The van der Waals surface area contributed by atoms with E-state index in [1.807, 2.05) is 0 Å². The molecule has 98 valence electrons. The second-order valence-corrected chi connectivity index (χ2v) is 5.37. The van der Waals surface area contributed by atoms with Crippen molar-refractivity contribution < 1.29 is 4.79 Å². The Balaban J connectivity index is 1.65. The Morgan fingerprint density at radius 3 is 2.84 bits per heavy atom. The Kier molecular flexibility index (Phi) is 3.47. The van der Waals surface area contributed by atoms with Crippen molar-refractivity contribution in [3.63, 3.8) is 0 Å². The summed E-state index contributed by atoms with van der Waals surface area (Å²) in [6.07, 6.45) is 4.89. The van der Waals surface area contributed by atoms with Crippen molar-refractivity contribution >= 4 is 17.2 Å². The molecule has 1 aliphatic heterocycles. The standard InChI is InChI=1S/C12H13N5OS/c18-11(16-6-8-4-13-5-8)9-7-17-12(19-9)10-14-2-1-3-15-10/h1-3,7-8,13H,4-6H2,(H,16,18). The predicted octanol–water partition coefficient (Wildman–Crippen LogP) is 0.549. The lowest BCUT2D eigenvalue weighted by atomic mass is 10.0. The third kappa shape index (κ3) is 2.77. The Bertz CT molecular complexity index is 567. The number of carbonyl (C=O) groups is 1. The number of carbonyl (C=O) groups excluding carboxylic acids is 1. The number of hydrogen-bond donors (Lipinski definition) is 2. The van der Waals surface area contributed by atoms with Crippen LogP contribution < -0.4 is 10.6 Å². The van der Waals surface area contributed by atoms with Crippen LogP contribution in [-0.4, -0.2) is 40.5 Å². The van der Waals surface area contributed by atoms with E-state index in [1.54, 1.807) is 24.7 Å². The van der Waals surface area contributed by atoms with E-state index in [4.69, 9.17) is 0 Å². The second kappa shape index (κ2) is 5.41. The zero-order valence-electron chi connectivity index (χ0n) is 10.2. The predicted molar refractivity (Wildman–Crippen MR) is 71.8 cm³/mol. The maximum atomic E-state index is 11.9. The van der Waals surface area contributed by atoms with Crippen molar-refractivity contribution in [1.29, 1.82) is 0 Å². The van der Waals surface area contributed by atoms with Crippen LogP contribution in [-0.2, 0) is 0 Å². The number of thiazole rings is 1. The first kappa shape index (κ1) is 12.2. The molecule has 6 nitrogen and oxygen atoms in total. The minimum Gasteiger partial charge on any atom is -0.351 e. The highest BCUT2D eigenvalue weighted by atomic mass is 32.1. The molecule has 2 aromatic heterocycles. The maximum Gasteiger partial charge on any atom is 0.263 e. The first-order valence-corrected chi connectivity index (χ1v) is 6.87. The Hall–Kier alpha value is -1.86. The molecule has 3 heterocycles. The van der Waals surface area contributed by atoms with Crippen molar-refractivity contribution in [2.75, 3.05) is 19.6 Å². The van der Waals surface area contributed by atoms with Gasteiger partial charge in [0.1, 0.15) is 4.88 Å². The largest absolute Gasteiger partial charge is 0.351 e. The molecule has 0 unspecified atom stereocenters. The van der Waals surface area contributed by atoms with Crippen molar-refractivity contribution in [3.05, 3.63) is 29.5 Å². The Morgan fingerprint density at radius 1 is 1.37 bits per heavy atom. The van der Waals surface area contributed by atoms with Gasteiger partial charge in [0, 0.05) is 37.9 Å². The minimum atomic E-state index is -0.0772. The average molecular weight is 275 g/mol. The molecule has 3 rings (SSSR count). The van der Waals surface area contributed by atoms with Gasteiger partial charge in [0.2, 0.25) is 0 Å². The third-order valence-electron chi connectivity index (χ3n) is 2.90. The van der Waals surface area contributed by atoms with Gasteiger partial charge >= 0.3 is 0 Å². The molecule has 0 radical (unpaired) electrons. The molecule has 0 bridgehead atoms. The summed E-state index contributed by atoms with van der Waals surface area (Å²) in [6, 6.07) is 1.75. The van der Waals surface area contributed by atoms with Gasteiger partial charge in [-0.25, -0.2) is 15.0 Å². The molecule has 7 heteroatoms. The molecule has 19 heavy (non-hydrogen) atoms. The smallest absolute Gasteiger partial charge is 0.263 e. The van der Waals surface area contributed by atoms with Crippen molar-refractivity contribution in [2.24, 2.45) is 5.92 Å². The van der Waals surface area contributed by atoms with Gasteiger partial charge in [-0.3, -0.25) is 4.79 Å². The summed E-state index contributed by atoms with van der Waals surface area (Å²) in [4.78, 5) is 24.9. The molecule has 0 atom stereocenters. The number of amides is 1. The van der Waals surface area contributed by atoms with E-state index in [-0.39, 0.29) is 5.91 Å². The van der Waals surface area contributed by atoms with Gasteiger partial charge in [0.15, 0.2) is 10.8 Å².